The molecule has 0 unspecified atom stereocenters. The number of ether oxygens (including phenoxy) is 1. The Morgan fingerprint density at radius 3 is 2.85 bits per heavy atom. The summed E-state index contributed by atoms with van der Waals surface area (Å²) in [6.45, 7) is 4.02. The van der Waals surface area contributed by atoms with Crippen LogP contribution in [0, 0.1) is 5.92 Å². The average molecular weight is 241 g/mol. The van der Waals surface area contributed by atoms with Crippen molar-refractivity contribution < 1.29 is 4.74 Å². The molecule has 0 aliphatic carbocycles. The lowest BCUT2D eigenvalue weighted by Gasteiger charge is -2.13. The predicted octanol–water partition coefficient (Wildman–Crippen LogP) is 3.20. The van der Waals surface area contributed by atoms with Crippen LogP contribution in [0.1, 0.15) is 18.4 Å². The van der Waals surface area contributed by atoms with Crippen LogP contribution in [-0.4, -0.2) is 13.2 Å². The maximum absolute atomic E-state index is 5.45. The molecule has 0 bridgehead atoms. The SMILES string of the molecule is C[C@@H]1COC[C@H]1c1cccc(Br)c1. The summed E-state index contributed by atoms with van der Waals surface area (Å²) < 4.78 is 6.60. The van der Waals surface area contributed by atoms with Gasteiger partial charge in [-0.2, -0.15) is 0 Å². The standard InChI is InChI=1S/C11H13BrO/c1-8-6-13-7-11(8)9-3-2-4-10(12)5-9/h2-5,8,11H,6-7H2,1H3/t8-,11-/m1/s1. The first-order valence-electron chi connectivity index (χ1n) is 4.60. The van der Waals surface area contributed by atoms with Gasteiger partial charge in [0.1, 0.15) is 0 Å². The molecule has 0 spiro atoms. The van der Waals surface area contributed by atoms with E-state index >= 15 is 0 Å². The third-order valence-electron chi connectivity index (χ3n) is 2.64. The molecule has 0 saturated carbocycles. The van der Waals surface area contributed by atoms with E-state index in [9.17, 15) is 0 Å². The van der Waals surface area contributed by atoms with Crippen molar-refractivity contribution in [2.75, 3.05) is 13.2 Å². The molecule has 13 heavy (non-hydrogen) atoms. The van der Waals surface area contributed by atoms with Crippen LogP contribution in [0.5, 0.6) is 0 Å². The van der Waals surface area contributed by atoms with Crippen LogP contribution in [0.4, 0.5) is 0 Å². The molecular weight excluding hydrogens is 228 g/mol. The minimum atomic E-state index is 0.581. The molecule has 2 rings (SSSR count). The maximum atomic E-state index is 5.45. The summed E-state index contributed by atoms with van der Waals surface area (Å²) in [5.74, 6) is 1.23. The number of hydrogen-bond acceptors (Lipinski definition) is 1. The summed E-state index contributed by atoms with van der Waals surface area (Å²) in [5, 5.41) is 0. The monoisotopic (exact) mass is 240 g/mol. The Morgan fingerprint density at radius 2 is 2.23 bits per heavy atom. The van der Waals surface area contributed by atoms with Gasteiger partial charge in [-0.3, -0.25) is 0 Å². The van der Waals surface area contributed by atoms with Gasteiger partial charge >= 0.3 is 0 Å². The van der Waals surface area contributed by atoms with Crippen LogP contribution in [0.15, 0.2) is 28.7 Å². The molecule has 1 aliphatic rings. The van der Waals surface area contributed by atoms with Gasteiger partial charge in [0.25, 0.3) is 0 Å². The van der Waals surface area contributed by atoms with Gasteiger partial charge in [-0.15, -0.1) is 0 Å². The summed E-state index contributed by atoms with van der Waals surface area (Å²) in [4.78, 5) is 0. The Kier molecular flexibility index (Phi) is 2.70. The summed E-state index contributed by atoms with van der Waals surface area (Å²) in [6.07, 6.45) is 0. The molecule has 1 nitrogen and oxygen atoms in total. The summed E-state index contributed by atoms with van der Waals surface area (Å²) in [5.41, 5.74) is 1.39. The van der Waals surface area contributed by atoms with Crippen molar-refractivity contribution in [3.8, 4) is 0 Å². The Labute approximate surface area is 87.2 Å². The first-order valence-corrected chi connectivity index (χ1v) is 5.40. The highest BCUT2D eigenvalue weighted by Crippen LogP contribution is 2.31. The Bertz CT molecular complexity index is 298. The van der Waals surface area contributed by atoms with Gasteiger partial charge < -0.3 is 4.74 Å². The van der Waals surface area contributed by atoms with Crippen LogP contribution >= 0.6 is 15.9 Å². The fourth-order valence-electron chi connectivity index (χ4n) is 1.82. The highest BCUT2D eigenvalue weighted by Gasteiger charge is 2.25. The lowest BCUT2D eigenvalue weighted by atomic mass is 9.90. The van der Waals surface area contributed by atoms with Gasteiger partial charge in [-0.05, 0) is 23.6 Å². The topological polar surface area (TPSA) is 9.23 Å². The van der Waals surface area contributed by atoms with E-state index in [0.29, 0.717) is 11.8 Å². The zero-order valence-electron chi connectivity index (χ0n) is 7.66. The number of hydrogen-bond donors (Lipinski definition) is 0. The Morgan fingerprint density at radius 1 is 1.38 bits per heavy atom. The maximum Gasteiger partial charge on any atom is 0.0538 e. The van der Waals surface area contributed by atoms with Crippen LogP contribution in [-0.2, 0) is 4.74 Å². The molecule has 1 heterocycles. The van der Waals surface area contributed by atoms with Crippen molar-refractivity contribution in [2.24, 2.45) is 5.92 Å². The first kappa shape index (κ1) is 9.22. The largest absolute Gasteiger partial charge is 0.381 e. The fourth-order valence-corrected chi connectivity index (χ4v) is 2.24. The third-order valence-corrected chi connectivity index (χ3v) is 3.14. The van der Waals surface area contributed by atoms with E-state index in [0.717, 1.165) is 17.7 Å². The van der Waals surface area contributed by atoms with Gasteiger partial charge in [0.2, 0.25) is 0 Å². The van der Waals surface area contributed by atoms with Crippen molar-refractivity contribution in [3.63, 3.8) is 0 Å². The molecule has 2 heteroatoms. The zero-order valence-corrected chi connectivity index (χ0v) is 9.25. The second-order valence-corrected chi connectivity index (χ2v) is 4.59. The summed E-state index contributed by atoms with van der Waals surface area (Å²) in [6, 6.07) is 8.52. The quantitative estimate of drug-likeness (QED) is 0.733. The van der Waals surface area contributed by atoms with Gasteiger partial charge in [0.15, 0.2) is 0 Å². The molecule has 1 fully saturated rings. The van der Waals surface area contributed by atoms with E-state index in [1.54, 1.807) is 0 Å². The van der Waals surface area contributed by atoms with Crippen molar-refractivity contribution in [3.05, 3.63) is 34.3 Å². The normalized spacial score (nSPS) is 27.8. The smallest absolute Gasteiger partial charge is 0.0538 e. The molecule has 0 amide bonds. The Hall–Kier alpha value is -0.340. The van der Waals surface area contributed by atoms with E-state index in [1.807, 2.05) is 0 Å². The predicted molar refractivity (Wildman–Crippen MR) is 56.9 cm³/mol. The van der Waals surface area contributed by atoms with Crippen molar-refractivity contribution in [2.45, 2.75) is 12.8 Å². The summed E-state index contributed by atoms with van der Waals surface area (Å²) in [7, 11) is 0. The molecule has 1 aromatic carbocycles. The number of halogens is 1. The van der Waals surface area contributed by atoms with E-state index in [2.05, 4.69) is 47.1 Å². The van der Waals surface area contributed by atoms with Gasteiger partial charge in [0, 0.05) is 17.0 Å². The van der Waals surface area contributed by atoms with Crippen LogP contribution < -0.4 is 0 Å². The molecule has 1 aromatic rings. The highest BCUT2D eigenvalue weighted by molar-refractivity contribution is 9.10. The third kappa shape index (κ3) is 1.94. The van der Waals surface area contributed by atoms with Gasteiger partial charge in [0.05, 0.1) is 6.61 Å². The van der Waals surface area contributed by atoms with E-state index in [1.165, 1.54) is 5.56 Å². The molecule has 0 aromatic heterocycles. The van der Waals surface area contributed by atoms with Crippen LogP contribution in [0.25, 0.3) is 0 Å². The first-order chi connectivity index (χ1) is 6.27. The highest BCUT2D eigenvalue weighted by atomic mass is 79.9. The zero-order chi connectivity index (χ0) is 9.26. The average Bonchev–Trinajstić information content (AvgIpc) is 2.51. The minimum absolute atomic E-state index is 0.581. The van der Waals surface area contributed by atoms with Crippen molar-refractivity contribution in [1.29, 1.82) is 0 Å². The van der Waals surface area contributed by atoms with Gasteiger partial charge in [-0.25, -0.2) is 0 Å². The minimum Gasteiger partial charge on any atom is -0.381 e. The number of benzene rings is 1. The fraction of sp³-hybridized carbons (Fsp3) is 0.455. The summed E-state index contributed by atoms with van der Waals surface area (Å²) >= 11 is 3.49. The lowest BCUT2D eigenvalue weighted by Crippen LogP contribution is -2.06. The van der Waals surface area contributed by atoms with E-state index in [-0.39, 0.29) is 0 Å². The van der Waals surface area contributed by atoms with E-state index in [4.69, 9.17) is 4.74 Å². The second-order valence-electron chi connectivity index (χ2n) is 3.68. The van der Waals surface area contributed by atoms with Crippen LogP contribution in [0.3, 0.4) is 0 Å². The molecule has 70 valence electrons. The van der Waals surface area contributed by atoms with E-state index < -0.39 is 0 Å². The lowest BCUT2D eigenvalue weighted by molar-refractivity contribution is 0.186. The molecular formula is C11H13BrO. The number of rotatable bonds is 1. The van der Waals surface area contributed by atoms with Crippen LogP contribution in [0.2, 0.25) is 0 Å². The van der Waals surface area contributed by atoms with Gasteiger partial charge in [-0.1, -0.05) is 35.0 Å². The van der Waals surface area contributed by atoms with Crippen molar-refractivity contribution >= 4 is 15.9 Å². The molecule has 2 atom stereocenters. The Balaban J connectivity index is 2.24. The molecule has 0 radical (unpaired) electrons. The molecule has 1 saturated heterocycles. The van der Waals surface area contributed by atoms with Crippen molar-refractivity contribution in [1.82, 2.24) is 0 Å². The molecule has 1 aliphatic heterocycles. The second kappa shape index (κ2) is 3.81. The molecule has 0 N–H and O–H groups in total.